The molecule has 1 unspecified atom stereocenters. The predicted molar refractivity (Wildman–Crippen MR) is 168 cm³/mol. The summed E-state index contributed by atoms with van der Waals surface area (Å²) in [4.78, 5) is 38.2. The molecule has 9 heteroatoms. The zero-order chi connectivity index (χ0) is 30.2. The van der Waals surface area contributed by atoms with Gasteiger partial charge in [0.15, 0.2) is 17.8 Å². The topological polar surface area (TPSA) is 136 Å². The van der Waals surface area contributed by atoms with Gasteiger partial charge in [-0.1, -0.05) is 42.5 Å². The molecule has 6 aromatic rings. The number of nitrogens with two attached hydrogens (primary N) is 1. The summed E-state index contributed by atoms with van der Waals surface area (Å²) in [5.74, 6) is 0.743. The summed E-state index contributed by atoms with van der Waals surface area (Å²) < 4.78 is 2.02. The molecule has 0 aliphatic heterocycles. The van der Waals surface area contributed by atoms with Gasteiger partial charge in [0.05, 0.1) is 29.3 Å². The van der Waals surface area contributed by atoms with Crippen molar-refractivity contribution in [2.45, 2.75) is 25.3 Å². The number of imidazole rings is 1. The fraction of sp³-hybridized carbons (Fsp3) is 0.114. The van der Waals surface area contributed by atoms with Gasteiger partial charge in [-0.3, -0.25) is 14.2 Å². The summed E-state index contributed by atoms with van der Waals surface area (Å²) in [6, 6.07) is 28.4. The van der Waals surface area contributed by atoms with Crippen molar-refractivity contribution in [3.8, 4) is 34.1 Å². The zero-order valence-electron chi connectivity index (χ0n) is 23.6. The molecule has 3 aromatic heterocycles. The van der Waals surface area contributed by atoms with Gasteiger partial charge in [-0.15, -0.1) is 0 Å². The first kappa shape index (κ1) is 27.0. The third kappa shape index (κ3) is 4.94. The van der Waals surface area contributed by atoms with Crippen molar-refractivity contribution in [2.24, 2.45) is 0 Å². The van der Waals surface area contributed by atoms with Gasteiger partial charge in [-0.25, -0.2) is 15.0 Å². The number of amides is 1. The molecule has 9 nitrogen and oxygen atoms in total. The van der Waals surface area contributed by atoms with E-state index in [1.807, 2.05) is 65.2 Å². The fourth-order valence-electron chi connectivity index (χ4n) is 5.88. The number of aldehydes is 1. The first-order valence-electron chi connectivity index (χ1n) is 14.3. The summed E-state index contributed by atoms with van der Waals surface area (Å²) in [5, 5.41) is 13.1. The second-order valence-corrected chi connectivity index (χ2v) is 10.8. The van der Waals surface area contributed by atoms with Crippen LogP contribution in [0.1, 0.15) is 39.5 Å². The Kier molecular flexibility index (Phi) is 6.82. The van der Waals surface area contributed by atoms with Crippen molar-refractivity contribution in [3.63, 3.8) is 0 Å². The number of hydrogen-bond donors (Lipinski definition) is 3. The van der Waals surface area contributed by atoms with Crippen molar-refractivity contribution in [1.29, 1.82) is 0 Å². The summed E-state index contributed by atoms with van der Waals surface area (Å²) in [6.07, 6.45) is 3.90. The van der Waals surface area contributed by atoms with Crippen LogP contribution in [0.25, 0.3) is 39.5 Å². The lowest BCUT2D eigenvalue weighted by molar-refractivity contribution is -0.121. The third-order valence-electron chi connectivity index (χ3n) is 8.04. The quantitative estimate of drug-likeness (QED) is 0.209. The number of phenols is 1. The van der Waals surface area contributed by atoms with E-state index in [1.165, 1.54) is 12.1 Å². The van der Waals surface area contributed by atoms with E-state index in [9.17, 15) is 14.7 Å². The number of nitrogens with zero attached hydrogens (tertiary/aromatic N) is 4. The number of aryl methyl sites for hydroxylation is 1. The number of anilines is 1. The number of carbonyl (C=O) groups is 2. The SMILES string of the molecule is Nc1ncccc1-c1nc2ccc(-c3ccccc3)nc2n1-c1ccc2c(c1)CCC2NC(=O)Cc1ccc(C=O)c(O)c1. The van der Waals surface area contributed by atoms with Crippen molar-refractivity contribution in [2.75, 3.05) is 5.73 Å². The van der Waals surface area contributed by atoms with Crippen LogP contribution >= 0.6 is 0 Å². The highest BCUT2D eigenvalue weighted by Crippen LogP contribution is 2.36. The molecule has 216 valence electrons. The molecule has 0 saturated heterocycles. The molecule has 1 aliphatic rings. The number of rotatable bonds is 7. The number of phenolic OH excluding ortho intramolecular Hbond substituents is 1. The second-order valence-electron chi connectivity index (χ2n) is 10.8. The molecule has 0 bridgehead atoms. The van der Waals surface area contributed by atoms with Crippen molar-refractivity contribution < 1.29 is 14.7 Å². The van der Waals surface area contributed by atoms with E-state index < -0.39 is 0 Å². The number of aromatic hydroxyl groups is 1. The van der Waals surface area contributed by atoms with E-state index in [0.717, 1.165) is 46.4 Å². The maximum atomic E-state index is 12.9. The molecule has 7 rings (SSSR count). The van der Waals surface area contributed by atoms with Crippen LogP contribution in [0, 0.1) is 0 Å². The third-order valence-corrected chi connectivity index (χ3v) is 8.04. The summed E-state index contributed by atoms with van der Waals surface area (Å²) in [6.45, 7) is 0. The fourth-order valence-corrected chi connectivity index (χ4v) is 5.88. The molecule has 3 aromatic carbocycles. The Morgan fingerprint density at radius 2 is 1.86 bits per heavy atom. The lowest BCUT2D eigenvalue weighted by atomic mass is 10.1. The maximum absolute atomic E-state index is 12.9. The molecule has 1 amide bonds. The van der Waals surface area contributed by atoms with E-state index in [4.69, 9.17) is 15.7 Å². The number of pyridine rings is 2. The molecule has 1 aliphatic carbocycles. The standard InChI is InChI=1S/C35H28N6O3/c36-33-27(7-4-16-37-33)34-40-30-15-14-28(22-5-2-1-3-6-22)39-35(30)41(34)25-11-12-26-23(19-25)10-13-29(26)38-32(44)18-21-8-9-24(20-42)31(43)17-21/h1-9,11-12,14-17,19-20,29,43H,10,13,18H2,(H2,36,37)(H,38,44). The Morgan fingerprint density at radius 1 is 1.00 bits per heavy atom. The Balaban J connectivity index is 1.24. The Bertz CT molecular complexity index is 2050. The number of nitrogen functional groups attached to an aromatic ring is 1. The number of fused-ring (bicyclic) bond motifs is 2. The highest BCUT2D eigenvalue weighted by atomic mass is 16.3. The number of nitrogens with one attached hydrogen (secondary N) is 1. The van der Waals surface area contributed by atoms with Crippen LogP contribution < -0.4 is 11.1 Å². The summed E-state index contributed by atoms with van der Waals surface area (Å²) >= 11 is 0. The van der Waals surface area contributed by atoms with Gasteiger partial charge in [0.1, 0.15) is 17.1 Å². The zero-order valence-corrected chi connectivity index (χ0v) is 23.6. The van der Waals surface area contributed by atoms with E-state index in [-0.39, 0.29) is 29.7 Å². The number of carbonyl (C=O) groups excluding carboxylic acids is 2. The maximum Gasteiger partial charge on any atom is 0.224 e. The van der Waals surface area contributed by atoms with Crippen LogP contribution in [-0.4, -0.2) is 36.8 Å². The van der Waals surface area contributed by atoms with Gasteiger partial charge >= 0.3 is 0 Å². The highest BCUT2D eigenvalue weighted by molar-refractivity contribution is 5.85. The molecule has 0 saturated carbocycles. The molecule has 0 fully saturated rings. The number of aromatic nitrogens is 4. The summed E-state index contributed by atoms with van der Waals surface area (Å²) in [5.41, 5.74) is 14.2. The van der Waals surface area contributed by atoms with E-state index >= 15 is 0 Å². The van der Waals surface area contributed by atoms with Crippen LogP contribution in [0.3, 0.4) is 0 Å². The van der Waals surface area contributed by atoms with Crippen LogP contribution in [0.15, 0.2) is 97.2 Å². The van der Waals surface area contributed by atoms with Gasteiger partial charge in [-0.05, 0) is 78.1 Å². The summed E-state index contributed by atoms with van der Waals surface area (Å²) in [7, 11) is 0. The Labute approximate surface area is 253 Å². The van der Waals surface area contributed by atoms with Gasteiger partial charge < -0.3 is 16.2 Å². The van der Waals surface area contributed by atoms with Crippen LogP contribution in [0.5, 0.6) is 5.75 Å². The van der Waals surface area contributed by atoms with Gasteiger partial charge in [0.25, 0.3) is 0 Å². The van der Waals surface area contributed by atoms with E-state index in [1.54, 1.807) is 12.3 Å². The predicted octanol–water partition coefficient (Wildman–Crippen LogP) is 5.60. The van der Waals surface area contributed by atoms with Crippen LogP contribution in [0.4, 0.5) is 5.82 Å². The minimum atomic E-state index is -0.155. The average Bonchev–Trinajstić information content (AvgIpc) is 3.62. The first-order valence-corrected chi connectivity index (χ1v) is 14.3. The average molecular weight is 581 g/mol. The first-order chi connectivity index (χ1) is 21.5. The lowest BCUT2D eigenvalue weighted by Crippen LogP contribution is -2.28. The minimum absolute atomic E-state index is 0.100. The Hall–Kier alpha value is -5.83. The monoisotopic (exact) mass is 580 g/mol. The molecule has 44 heavy (non-hydrogen) atoms. The van der Waals surface area contributed by atoms with Crippen molar-refractivity contribution in [1.82, 2.24) is 24.8 Å². The highest BCUT2D eigenvalue weighted by Gasteiger charge is 2.26. The largest absolute Gasteiger partial charge is 0.507 e. The minimum Gasteiger partial charge on any atom is -0.507 e. The second kappa shape index (κ2) is 11.1. The molecular formula is C35H28N6O3. The molecule has 3 heterocycles. The van der Waals surface area contributed by atoms with Crippen LogP contribution in [0.2, 0.25) is 0 Å². The van der Waals surface area contributed by atoms with Gasteiger partial charge in [-0.2, -0.15) is 0 Å². The lowest BCUT2D eigenvalue weighted by Gasteiger charge is -2.16. The normalized spacial score (nSPS) is 14.0. The van der Waals surface area contributed by atoms with E-state index in [0.29, 0.717) is 34.7 Å². The molecule has 0 radical (unpaired) electrons. The molecule has 0 spiro atoms. The van der Waals surface area contributed by atoms with Crippen molar-refractivity contribution >= 4 is 29.2 Å². The number of benzene rings is 3. The molecular weight excluding hydrogens is 552 g/mol. The number of hydrogen-bond acceptors (Lipinski definition) is 7. The molecule has 4 N–H and O–H groups in total. The Morgan fingerprint density at radius 3 is 2.66 bits per heavy atom. The molecule has 1 atom stereocenters. The van der Waals surface area contributed by atoms with E-state index in [2.05, 4.69) is 22.4 Å². The van der Waals surface area contributed by atoms with Crippen LogP contribution in [-0.2, 0) is 17.6 Å². The smallest absolute Gasteiger partial charge is 0.224 e. The van der Waals surface area contributed by atoms with Gasteiger partial charge in [0.2, 0.25) is 5.91 Å². The van der Waals surface area contributed by atoms with Crippen molar-refractivity contribution in [3.05, 3.63) is 119 Å². The van der Waals surface area contributed by atoms with Gasteiger partial charge in [0, 0.05) is 17.4 Å².